The summed E-state index contributed by atoms with van der Waals surface area (Å²) < 4.78 is 1.98. The number of rotatable bonds is 6. The Morgan fingerprint density at radius 2 is 1.96 bits per heavy atom. The maximum Gasteiger partial charge on any atom is 0.226 e. The number of carbonyl (C=O) groups excluding carboxylic acids is 1. The van der Waals surface area contributed by atoms with Crippen LogP contribution in [-0.2, 0) is 11.2 Å². The van der Waals surface area contributed by atoms with Crippen molar-refractivity contribution in [2.75, 3.05) is 6.54 Å². The molecule has 0 aliphatic carbocycles. The van der Waals surface area contributed by atoms with Crippen molar-refractivity contribution in [1.29, 1.82) is 0 Å². The zero-order valence-electron chi connectivity index (χ0n) is 14.5. The summed E-state index contributed by atoms with van der Waals surface area (Å²) in [5, 5.41) is 3.68. The number of pyridine rings is 1. The molecule has 0 unspecified atom stereocenters. The molecule has 2 heterocycles. The van der Waals surface area contributed by atoms with Crippen LogP contribution in [0, 0.1) is 5.92 Å². The molecule has 0 spiro atoms. The maximum atomic E-state index is 12.4. The minimum atomic E-state index is 0.0153. The highest BCUT2D eigenvalue weighted by molar-refractivity contribution is 6.30. The molecule has 0 radical (unpaired) electrons. The van der Waals surface area contributed by atoms with Crippen LogP contribution in [0.15, 0.2) is 48.7 Å². The van der Waals surface area contributed by atoms with Crippen molar-refractivity contribution in [2.45, 2.75) is 26.7 Å². The van der Waals surface area contributed by atoms with E-state index in [1.807, 2.05) is 53.1 Å². The molecule has 3 rings (SSSR count). The second-order valence-electron chi connectivity index (χ2n) is 6.55. The molecule has 2 aromatic heterocycles. The standard InChI is InChI=1S/C20H22ClN3O/c1-14(2)10-11-22-19(25)13-17-20(15-6-8-16(21)9-7-15)23-18-5-3-4-12-24(17)18/h3-9,12,14H,10-11,13H2,1-2H3,(H,22,25). The zero-order chi connectivity index (χ0) is 17.8. The number of aromatic nitrogens is 2. The molecule has 0 saturated heterocycles. The first-order valence-corrected chi connectivity index (χ1v) is 8.91. The maximum absolute atomic E-state index is 12.4. The molecule has 1 N–H and O–H groups in total. The van der Waals surface area contributed by atoms with Crippen LogP contribution >= 0.6 is 11.6 Å². The molecule has 5 heteroatoms. The van der Waals surface area contributed by atoms with Gasteiger partial charge in [0.15, 0.2) is 0 Å². The topological polar surface area (TPSA) is 46.4 Å². The van der Waals surface area contributed by atoms with E-state index in [9.17, 15) is 4.79 Å². The zero-order valence-corrected chi connectivity index (χ0v) is 15.3. The first kappa shape index (κ1) is 17.5. The summed E-state index contributed by atoms with van der Waals surface area (Å²) in [7, 11) is 0. The van der Waals surface area contributed by atoms with Gasteiger partial charge < -0.3 is 9.72 Å². The second kappa shape index (κ2) is 7.70. The number of carbonyl (C=O) groups is 1. The summed E-state index contributed by atoms with van der Waals surface area (Å²) in [6.45, 7) is 4.99. The first-order valence-electron chi connectivity index (χ1n) is 8.53. The average Bonchev–Trinajstić information content (AvgIpc) is 2.94. The van der Waals surface area contributed by atoms with Crippen LogP contribution in [0.5, 0.6) is 0 Å². The lowest BCUT2D eigenvalue weighted by Crippen LogP contribution is -2.27. The summed E-state index contributed by atoms with van der Waals surface area (Å²) in [4.78, 5) is 17.1. The Kier molecular flexibility index (Phi) is 5.39. The van der Waals surface area contributed by atoms with Crippen LogP contribution in [0.3, 0.4) is 0 Å². The Morgan fingerprint density at radius 3 is 2.68 bits per heavy atom. The lowest BCUT2D eigenvalue weighted by molar-refractivity contribution is -0.120. The molecule has 130 valence electrons. The lowest BCUT2D eigenvalue weighted by atomic mass is 10.1. The van der Waals surface area contributed by atoms with Crippen molar-refractivity contribution >= 4 is 23.2 Å². The van der Waals surface area contributed by atoms with Gasteiger partial charge in [-0.05, 0) is 36.6 Å². The molecule has 0 aliphatic rings. The van der Waals surface area contributed by atoms with Gasteiger partial charge in [0.1, 0.15) is 5.65 Å². The van der Waals surface area contributed by atoms with Gasteiger partial charge in [0.05, 0.1) is 17.8 Å². The molecule has 25 heavy (non-hydrogen) atoms. The lowest BCUT2D eigenvalue weighted by Gasteiger charge is -2.09. The third kappa shape index (κ3) is 4.20. The van der Waals surface area contributed by atoms with E-state index in [0.717, 1.165) is 29.0 Å². The van der Waals surface area contributed by atoms with E-state index >= 15 is 0 Å². The number of amides is 1. The Labute approximate surface area is 152 Å². The number of hydrogen-bond acceptors (Lipinski definition) is 2. The Morgan fingerprint density at radius 1 is 1.20 bits per heavy atom. The van der Waals surface area contributed by atoms with Crippen molar-refractivity contribution in [2.24, 2.45) is 5.92 Å². The fraction of sp³-hybridized carbons (Fsp3) is 0.300. The van der Waals surface area contributed by atoms with Crippen molar-refractivity contribution in [3.8, 4) is 11.3 Å². The van der Waals surface area contributed by atoms with Gasteiger partial charge >= 0.3 is 0 Å². The molecule has 0 bridgehead atoms. The van der Waals surface area contributed by atoms with Gasteiger partial charge in [-0.2, -0.15) is 0 Å². The van der Waals surface area contributed by atoms with Gasteiger partial charge in [-0.3, -0.25) is 4.79 Å². The van der Waals surface area contributed by atoms with Crippen molar-refractivity contribution in [3.05, 3.63) is 59.4 Å². The molecule has 4 nitrogen and oxygen atoms in total. The fourth-order valence-electron chi connectivity index (χ4n) is 2.77. The van der Waals surface area contributed by atoms with Crippen molar-refractivity contribution in [1.82, 2.24) is 14.7 Å². The van der Waals surface area contributed by atoms with E-state index in [2.05, 4.69) is 19.2 Å². The van der Waals surface area contributed by atoms with Gasteiger partial charge in [-0.15, -0.1) is 0 Å². The van der Waals surface area contributed by atoms with Gasteiger partial charge in [0.2, 0.25) is 5.91 Å². The molecule has 0 fully saturated rings. The van der Waals surface area contributed by atoms with E-state index in [4.69, 9.17) is 16.6 Å². The quantitative estimate of drug-likeness (QED) is 0.714. The number of benzene rings is 1. The summed E-state index contributed by atoms with van der Waals surface area (Å²) in [6.07, 6.45) is 3.21. The Bertz CT molecular complexity index is 868. The number of halogens is 1. The third-order valence-electron chi connectivity index (χ3n) is 4.12. The monoisotopic (exact) mass is 355 g/mol. The normalized spacial score (nSPS) is 11.2. The molecular weight excluding hydrogens is 334 g/mol. The van der Waals surface area contributed by atoms with Gasteiger partial charge in [-0.1, -0.05) is 43.6 Å². The molecule has 1 amide bonds. The third-order valence-corrected chi connectivity index (χ3v) is 4.37. The highest BCUT2D eigenvalue weighted by Crippen LogP contribution is 2.26. The van der Waals surface area contributed by atoms with Crippen LogP contribution < -0.4 is 5.32 Å². The largest absolute Gasteiger partial charge is 0.356 e. The summed E-state index contributed by atoms with van der Waals surface area (Å²) in [6, 6.07) is 13.4. The second-order valence-corrected chi connectivity index (χ2v) is 6.99. The molecule has 3 aromatic rings. The van der Waals surface area contributed by atoms with Gasteiger partial charge in [0, 0.05) is 23.3 Å². The highest BCUT2D eigenvalue weighted by atomic mass is 35.5. The number of hydrogen-bond donors (Lipinski definition) is 1. The van der Waals surface area contributed by atoms with Gasteiger partial charge in [0.25, 0.3) is 0 Å². The molecular formula is C20H22ClN3O. The fourth-order valence-corrected chi connectivity index (χ4v) is 2.90. The summed E-state index contributed by atoms with van der Waals surface area (Å²) in [5.41, 5.74) is 3.50. The van der Waals surface area contributed by atoms with Crippen LogP contribution in [0.25, 0.3) is 16.9 Å². The van der Waals surface area contributed by atoms with E-state index in [1.165, 1.54) is 0 Å². The van der Waals surface area contributed by atoms with Crippen molar-refractivity contribution < 1.29 is 4.79 Å². The number of nitrogens with zero attached hydrogens (tertiary/aromatic N) is 2. The molecule has 1 aromatic carbocycles. The molecule has 0 aliphatic heterocycles. The molecule has 0 saturated carbocycles. The first-order chi connectivity index (χ1) is 12.0. The van der Waals surface area contributed by atoms with Crippen LogP contribution in [0.4, 0.5) is 0 Å². The number of imidazole rings is 1. The summed E-state index contributed by atoms with van der Waals surface area (Å²) >= 11 is 5.99. The number of fused-ring (bicyclic) bond motifs is 1. The van der Waals surface area contributed by atoms with Crippen molar-refractivity contribution in [3.63, 3.8) is 0 Å². The minimum Gasteiger partial charge on any atom is -0.356 e. The SMILES string of the molecule is CC(C)CCNC(=O)Cc1c(-c2ccc(Cl)cc2)nc2ccccn12. The van der Waals surface area contributed by atoms with Gasteiger partial charge in [-0.25, -0.2) is 4.98 Å². The van der Waals surface area contributed by atoms with E-state index in [0.29, 0.717) is 23.9 Å². The Hall–Kier alpha value is -2.33. The van der Waals surface area contributed by atoms with Crippen LogP contribution in [0.2, 0.25) is 5.02 Å². The predicted molar refractivity (Wildman–Crippen MR) is 102 cm³/mol. The van der Waals surface area contributed by atoms with E-state index in [-0.39, 0.29) is 5.91 Å². The van der Waals surface area contributed by atoms with Crippen LogP contribution in [-0.4, -0.2) is 21.8 Å². The number of nitrogens with one attached hydrogen (secondary N) is 1. The minimum absolute atomic E-state index is 0.0153. The van der Waals surface area contributed by atoms with Crippen LogP contribution in [0.1, 0.15) is 26.0 Å². The van der Waals surface area contributed by atoms with E-state index < -0.39 is 0 Å². The molecule has 0 atom stereocenters. The highest BCUT2D eigenvalue weighted by Gasteiger charge is 2.16. The van der Waals surface area contributed by atoms with E-state index in [1.54, 1.807) is 0 Å². The summed E-state index contributed by atoms with van der Waals surface area (Å²) in [5.74, 6) is 0.585. The Balaban J connectivity index is 1.91. The average molecular weight is 356 g/mol. The smallest absolute Gasteiger partial charge is 0.226 e. The predicted octanol–water partition coefficient (Wildman–Crippen LogP) is 4.36.